The topological polar surface area (TPSA) is 66.8 Å². The monoisotopic (exact) mass is 323 g/mol. The molecular formula is C18H21N5O. The Morgan fingerprint density at radius 3 is 3.00 bits per heavy atom. The van der Waals surface area contributed by atoms with E-state index in [4.69, 9.17) is 0 Å². The van der Waals surface area contributed by atoms with E-state index in [0.29, 0.717) is 12.5 Å². The summed E-state index contributed by atoms with van der Waals surface area (Å²) in [5.41, 5.74) is 3.99. The summed E-state index contributed by atoms with van der Waals surface area (Å²) in [6.07, 6.45) is 4.19. The Labute approximate surface area is 140 Å². The van der Waals surface area contributed by atoms with Crippen molar-refractivity contribution in [1.29, 1.82) is 0 Å². The minimum Gasteiger partial charge on any atom is -0.338 e. The molecule has 0 bridgehead atoms. The molecule has 124 valence electrons. The molecular weight excluding hydrogens is 302 g/mol. The fraction of sp³-hybridized carbons (Fsp3) is 0.389. The van der Waals surface area contributed by atoms with Crippen LogP contribution in [0.2, 0.25) is 0 Å². The lowest BCUT2D eigenvalue weighted by Gasteiger charge is -2.22. The van der Waals surface area contributed by atoms with Crippen molar-refractivity contribution in [3.05, 3.63) is 48.0 Å². The molecule has 24 heavy (non-hydrogen) atoms. The number of aromatic amines is 1. The van der Waals surface area contributed by atoms with Crippen LogP contribution < -0.4 is 0 Å². The lowest BCUT2D eigenvalue weighted by atomic mass is 10.2. The van der Waals surface area contributed by atoms with E-state index in [-0.39, 0.29) is 11.9 Å². The number of hydrogen-bond acceptors (Lipinski definition) is 3. The number of fused-ring (bicyclic) bond motifs is 1. The van der Waals surface area contributed by atoms with E-state index in [2.05, 4.69) is 21.2 Å². The van der Waals surface area contributed by atoms with Crippen LogP contribution in [0.15, 0.2) is 36.7 Å². The summed E-state index contributed by atoms with van der Waals surface area (Å²) in [6.45, 7) is 2.45. The second-order valence-corrected chi connectivity index (χ2v) is 6.60. The van der Waals surface area contributed by atoms with Crippen molar-refractivity contribution in [3.8, 4) is 0 Å². The molecule has 1 aromatic carbocycles. The zero-order chi connectivity index (χ0) is 16.7. The van der Waals surface area contributed by atoms with Crippen molar-refractivity contribution >= 4 is 16.9 Å². The SMILES string of the molecule is C[C@H](C(=O)N(C)Cc1cc(C2CC2)n[nH]1)n1cnc2ccccc21. The minimum atomic E-state index is -0.298. The first-order valence-corrected chi connectivity index (χ1v) is 8.34. The first kappa shape index (κ1) is 14.9. The predicted octanol–water partition coefficient (Wildman–Crippen LogP) is 2.86. The Morgan fingerprint density at radius 1 is 1.42 bits per heavy atom. The van der Waals surface area contributed by atoms with Gasteiger partial charge in [0.1, 0.15) is 6.04 Å². The van der Waals surface area contributed by atoms with Gasteiger partial charge in [-0.05, 0) is 38.0 Å². The number of amides is 1. The summed E-state index contributed by atoms with van der Waals surface area (Å²) in [7, 11) is 1.83. The second kappa shape index (κ2) is 5.78. The maximum Gasteiger partial charge on any atom is 0.245 e. The highest BCUT2D eigenvalue weighted by molar-refractivity contribution is 5.83. The summed E-state index contributed by atoms with van der Waals surface area (Å²) in [5, 5.41) is 7.40. The molecule has 0 saturated heterocycles. The third kappa shape index (κ3) is 2.68. The Bertz CT molecular complexity index is 876. The molecule has 1 saturated carbocycles. The molecule has 1 aliphatic rings. The zero-order valence-corrected chi connectivity index (χ0v) is 13.9. The van der Waals surface area contributed by atoms with Crippen molar-refractivity contribution in [2.45, 2.75) is 38.3 Å². The van der Waals surface area contributed by atoms with Gasteiger partial charge in [0.15, 0.2) is 0 Å². The predicted molar refractivity (Wildman–Crippen MR) is 91.5 cm³/mol. The van der Waals surface area contributed by atoms with Gasteiger partial charge >= 0.3 is 0 Å². The number of aromatic nitrogens is 4. The Kier molecular flexibility index (Phi) is 3.59. The van der Waals surface area contributed by atoms with Gasteiger partial charge in [-0.3, -0.25) is 9.89 Å². The highest BCUT2D eigenvalue weighted by atomic mass is 16.2. The van der Waals surface area contributed by atoms with Crippen molar-refractivity contribution in [2.75, 3.05) is 7.05 Å². The van der Waals surface area contributed by atoms with Crippen LogP contribution in [0.3, 0.4) is 0 Å². The Balaban J connectivity index is 1.49. The number of para-hydroxylation sites is 2. The number of hydrogen-bond donors (Lipinski definition) is 1. The number of likely N-dealkylation sites (N-methyl/N-ethyl adjacent to an activating group) is 1. The first-order chi connectivity index (χ1) is 11.6. The van der Waals surface area contributed by atoms with E-state index in [1.807, 2.05) is 42.8 Å². The molecule has 1 aliphatic carbocycles. The van der Waals surface area contributed by atoms with Crippen LogP contribution in [0.4, 0.5) is 0 Å². The number of carbonyl (C=O) groups is 1. The van der Waals surface area contributed by atoms with E-state index < -0.39 is 0 Å². The number of imidazole rings is 1. The fourth-order valence-corrected chi connectivity index (χ4v) is 3.11. The summed E-state index contributed by atoms with van der Waals surface area (Å²) in [6, 6.07) is 9.64. The molecule has 0 aliphatic heterocycles. The quantitative estimate of drug-likeness (QED) is 0.785. The first-order valence-electron chi connectivity index (χ1n) is 8.34. The van der Waals surface area contributed by atoms with Crippen molar-refractivity contribution in [3.63, 3.8) is 0 Å². The standard InChI is InChI=1S/C18H21N5O/c1-12(23-11-19-15-5-3-4-6-17(15)23)18(24)22(2)10-14-9-16(21-20-14)13-7-8-13/h3-6,9,11-13H,7-8,10H2,1-2H3,(H,20,21)/t12-/m1/s1. The number of nitrogens with zero attached hydrogens (tertiary/aromatic N) is 4. The van der Waals surface area contributed by atoms with Gasteiger partial charge in [-0.15, -0.1) is 0 Å². The van der Waals surface area contributed by atoms with Gasteiger partial charge < -0.3 is 9.47 Å². The van der Waals surface area contributed by atoms with E-state index in [9.17, 15) is 4.79 Å². The number of rotatable bonds is 5. The Hall–Kier alpha value is -2.63. The molecule has 2 aromatic heterocycles. The molecule has 1 atom stereocenters. The fourth-order valence-electron chi connectivity index (χ4n) is 3.11. The van der Waals surface area contributed by atoms with Crippen LogP contribution in [-0.4, -0.2) is 37.6 Å². The second-order valence-electron chi connectivity index (χ2n) is 6.60. The molecule has 0 radical (unpaired) electrons. The van der Waals surface area contributed by atoms with Gasteiger partial charge in [-0.2, -0.15) is 5.10 Å². The normalized spacial score (nSPS) is 15.6. The summed E-state index contributed by atoms with van der Waals surface area (Å²) in [4.78, 5) is 18.9. The average molecular weight is 323 g/mol. The van der Waals surface area contributed by atoms with Crippen LogP contribution >= 0.6 is 0 Å². The third-order valence-electron chi connectivity index (χ3n) is 4.69. The van der Waals surface area contributed by atoms with Gasteiger partial charge in [0.25, 0.3) is 0 Å². The molecule has 6 nitrogen and oxygen atoms in total. The van der Waals surface area contributed by atoms with Crippen LogP contribution in [0.25, 0.3) is 11.0 Å². The summed E-state index contributed by atoms with van der Waals surface area (Å²) >= 11 is 0. The number of nitrogens with one attached hydrogen (secondary N) is 1. The lowest BCUT2D eigenvalue weighted by Crippen LogP contribution is -2.32. The van der Waals surface area contributed by atoms with Gasteiger partial charge in [-0.1, -0.05) is 12.1 Å². The third-order valence-corrected chi connectivity index (χ3v) is 4.69. The number of benzene rings is 1. The van der Waals surface area contributed by atoms with Crippen molar-refractivity contribution in [1.82, 2.24) is 24.6 Å². The van der Waals surface area contributed by atoms with Gasteiger partial charge in [0, 0.05) is 13.0 Å². The molecule has 1 fully saturated rings. The summed E-state index contributed by atoms with van der Waals surface area (Å²) < 4.78 is 1.93. The molecule has 6 heteroatoms. The van der Waals surface area contributed by atoms with E-state index in [1.165, 1.54) is 12.8 Å². The van der Waals surface area contributed by atoms with Crippen LogP contribution in [0.1, 0.15) is 43.1 Å². The molecule has 0 spiro atoms. The van der Waals surface area contributed by atoms with Crippen molar-refractivity contribution < 1.29 is 4.79 Å². The number of H-pyrrole nitrogens is 1. The summed E-state index contributed by atoms with van der Waals surface area (Å²) in [5.74, 6) is 0.674. The molecule has 3 aromatic rings. The molecule has 1 amide bonds. The van der Waals surface area contributed by atoms with E-state index in [0.717, 1.165) is 22.4 Å². The van der Waals surface area contributed by atoms with Crippen molar-refractivity contribution in [2.24, 2.45) is 0 Å². The molecule has 0 unspecified atom stereocenters. The molecule has 2 heterocycles. The maximum absolute atomic E-state index is 12.8. The Morgan fingerprint density at radius 2 is 2.21 bits per heavy atom. The van der Waals surface area contributed by atoms with Crippen LogP contribution in [-0.2, 0) is 11.3 Å². The number of carbonyl (C=O) groups excluding carboxylic acids is 1. The van der Waals surface area contributed by atoms with E-state index in [1.54, 1.807) is 11.2 Å². The highest BCUT2D eigenvalue weighted by Gasteiger charge is 2.27. The zero-order valence-electron chi connectivity index (χ0n) is 13.9. The van der Waals surface area contributed by atoms with Gasteiger partial charge in [-0.25, -0.2) is 4.98 Å². The van der Waals surface area contributed by atoms with Gasteiger partial charge in [0.2, 0.25) is 5.91 Å². The minimum absolute atomic E-state index is 0.0562. The highest BCUT2D eigenvalue weighted by Crippen LogP contribution is 2.39. The van der Waals surface area contributed by atoms with Crippen LogP contribution in [0.5, 0.6) is 0 Å². The lowest BCUT2D eigenvalue weighted by molar-refractivity contribution is -0.133. The maximum atomic E-state index is 12.8. The van der Waals surface area contributed by atoms with Crippen LogP contribution in [0, 0.1) is 0 Å². The largest absolute Gasteiger partial charge is 0.338 e. The van der Waals surface area contributed by atoms with E-state index >= 15 is 0 Å². The molecule has 4 rings (SSSR count). The average Bonchev–Trinajstić information content (AvgIpc) is 3.19. The van der Waals surface area contributed by atoms with Gasteiger partial charge in [0.05, 0.1) is 35.3 Å². The molecule has 1 N–H and O–H groups in total. The smallest absolute Gasteiger partial charge is 0.245 e.